The molecule has 4 heteroatoms. The van der Waals surface area contributed by atoms with E-state index in [4.69, 9.17) is 6.42 Å². The maximum atomic E-state index is 12.7. The van der Waals surface area contributed by atoms with Gasteiger partial charge in [-0.2, -0.15) is 0 Å². The third-order valence-electron chi connectivity index (χ3n) is 3.83. The first-order valence-electron chi connectivity index (χ1n) is 7.71. The number of hydrogen-bond acceptors (Lipinski definition) is 2. The highest BCUT2D eigenvalue weighted by Gasteiger charge is 2.29. The second kappa shape index (κ2) is 7.98. The molecule has 0 unspecified atom stereocenters. The summed E-state index contributed by atoms with van der Waals surface area (Å²) in [5.74, 6) is 1.16. The van der Waals surface area contributed by atoms with Crippen LogP contribution in [0.2, 0.25) is 0 Å². The lowest BCUT2D eigenvalue weighted by atomic mass is 10.0. The van der Waals surface area contributed by atoms with E-state index < -0.39 is 12.0 Å². The maximum absolute atomic E-state index is 12.7. The van der Waals surface area contributed by atoms with Crippen LogP contribution in [0.25, 0.3) is 0 Å². The molecule has 0 aliphatic carbocycles. The highest BCUT2D eigenvalue weighted by atomic mass is 16.4. The minimum Gasteiger partial charge on any atom is -0.480 e. The number of terminal acetylenes is 1. The van der Waals surface area contributed by atoms with E-state index in [0.29, 0.717) is 17.7 Å². The van der Waals surface area contributed by atoms with Gasteiger partial charge in [0.1, 0.15) is 6.04 Å². The van der Waals surface area contributed by atoms with Crippen LogP contribution in [-0.2, 0) is 11.2 Å². The van der Waals surface area contributed by atoms with Gasteiger partial charge in [-0.1, -0.05) is 36.3 Å². The molecule has 122 valence electrons. The number of hydrogen-bond donors (Lipinski definition) is 1. The number of amides is 1. The third-order valence-corrected chi connectivity index (χ3v) is 3.83. The summed E-state index contributed by atoms with van der Waals surface area (Å²) >= 11 is 0. The van der Waals surface area contributed by atoms with Crippen LogP contribution in [-0.4, -0.2) is 34.5 Å². The van der Waals surface area contributed by atoms with E-state index in [2.05, 4.69) is 5.92 Å². The molecule has 0 aliphatic rings. The summed E-state index contributed by atoms with van der Waals surface area (Å²) in [5.41, 5.74) is 1.97. The van der Waals surface area contributed by atoms with Crippen LogP contribution in [0.15, 0.2) is 54.6 Å². The van der Waals surface area contributed by atoms with Gasteiger partial charge >= 0.3 is 5.97 Å². The lowest BCUT2D eigenvalue weighted by Crippen LogP contribution is -2.46. The fourth-order valence-corrected chi connectivity index (χ4v) is 2.55. The first kappa shape index (κ1) is 17.3. The van der Waals surface area contributed by atoms with Crippen LogP contribution in [0.4, 0.5) is 0 Å². The summed E-state index contributed by atoms with van der Waals surface area (Å²) < 4.78 is 0. The minimum atomic E-state index is -1.02. The molecular weight excluding hydrogens is 302 g/mol. The van der Waals surface area contributed by atoms with Gasteiger partial charge in [0.15, 0.2) is 0 Å². The van der Waals surface area contributed by atoms with Crippen molar-refractivity contribution in [1.82, 2.24) is 4.90 Å². The van der Waals surface area contributed by atoms with Crippen LogP contribution in [0.3, 0.4) is 0 Å². The van der Waals surface area contributed by atoms with E-state index in [1.807, 2.05) is 30.3 Å². The van der Waals surface area contributed by atoms with E-state index in [9.17, 15) is 14.7 Å². The predicted octanol–water partition coefficient (Wildman–Crippen LogP) is 2.83. The summed E-state index contributed by atoms with van der Waals surface area (Å²) in [6.45, 7) is 2.08. The van der Waals surface area contributed by atoms with Gasteiger partial charge in [0, 0.05) is 24.1 Å². The van der Waals surface area contributed by atoms with E-state index in [1.54, 1.807) is 31.2 Å². The molecule has 1 amide bonds. The van der Waals surface area contributed by atoms with Gasteiger partial charge < -0.3 is 10.0 Å². The topological polar surface area (TPSA) is 57.6 Å². The number of nitrogens with zero attached hydrogens (tertiary/aromatic N) is 1. The predicted molar refractivity (Wildman–Crippen MR) is 92.7 cm³/mol. The smallest absolute Gasteiger partial charge is 0.326 e. The number of carboxylic acids is 1. The van der Waals surface area contributed by atoms with Crippen molar-refractivity contribution in [2.75, 3.05) is 6.54 Å². The summed E-state index contributed by atoms with van der Waals surface area (Å²) in [5, 5.41) is 9.59. The molecule has 4 nitrogen and oxygen atoms in total. The van der Waals surface area contributed by atoms with E-state index in [0.717, 1.165) is 5.56 Å². The van der Waals surface area contributed by atoms with Gasteiger partial charge in [-0.25, -0.2) is 4.79 Å². The Hall–Kier alpha value is -3.06. The number of carbonyl (C=O) groups excluding carboxylic acids is 1. The number of likely N-dealkylation sites (N-methyl/N-ethyl adjacent to an activating group) is 1. The third kappa shape index (κ3) is 4.02. The number of rotatable bonds is 6. The van der Waals surface area contributed by atoms with Crippen molar-refractivity contribution in [3.8, 4) is 12.3 Å². The van der Waals surface area contributed by atoms with Crippen molar-refractivity contribution in [3.63, 3.8) is 0 Å². The molecule has 0 aliphatic heterocycles. The molecule has 0 radical (unpaired) electrons. The van der Waals surface area contributed by atoms with Crippen LogP contribution < -0.4 is 0 Å². The van der Waals surface area contributed by atoms with Crippen LogP contribution >= 0.6 is 0 Å². The molecule has 2 aromatic rings. The Morgan fingerprint density at radius 1 is 1.12 bits per heavy atom. The molecule has 0 heterocycles. The van der Waals surface area contributed by atoms with E-state index >= 15 is 0 Å². The average Bonchev–Trinajstić information content (AvgIpc) is 2.62. The number of carboxylic acid groups (broad SMARTS) is 1. The quantitative estimate of drug-likeness (QED) is 0.832. The Labute approximate surface area is 141 Å². The number of aliphatic carboxylic acids is 1. The Kier molecular flexibility index (Phi) is 5.75. The Morgan fingerprint density at radius 2 is 1.75 bits per heavy atom. The molecule has 0 aromatic heterocycles. The molecular formula is C20H19NO3. The van der Waals surface area contributed by atoms with Crippen LogP contribution in [0, 0.1) is 12.3 Å². The SMILES string of the molecule is C#Cc1ccc(C(=O)N(CC)[C@@H](Cc2ccccc2)C(=O)O)cc1. The molecule has 0 bridgehead atoms. The molecule has 0 saturated carbocycles. The maximum Gasteiger partial charge on any atom is 0.326 e. The fourth-order valence-electron chi connectivity index (χ4n) is 2.55. The normalized spacial score (nSPS) is 11.3. The Morgan fingerprint density at radius 3 is 2.25 bits per heavy atom. The van der Waals surface area contributed by atoms with Crippen molar-refractivity contribution in [2.24, 2.45) is 0 Å². The van der Waals surface area contributed by atoms with E-state index in [1.165, 1.54) is 4.90 Å². The molecule has 1 N–H and O–H groups in total. The molecule has 0 spiro atoms. The molecule has 0 fully saturated rings. The van der Waals surface area contributed by atoms with Crippen molar-refractivity contribution >= 4 is 11.9 Å². The highest BCUT2D eigenvalue weighted by molar-refractivity contribution is 5.96. The van der Waals surface area contributed by atoms with Gasteiger partial charge in [-0.3, -0.25) is 4.79 Å². The first-order valence-corrected chi connectivity index (χ1v) is 7.71. The largest absolute Gasteiger partial charge is 0.480 e. The molecule has 24 heavy (non-hydrogen) atoms. The number of carbonyl (C=O) groups is 2. The monoisotopic (exact) mass is 321 g/mol. The first-order chi connectivity index (χ1) is 11.6. The minimum absolute atomic E-state index is 0.262. The summed E-state index contributed by atoms with van der Waals surface area (Å²) in [6.07, 6.45) is 5.57. The van der Waals surface area contributed by atoms with E-state index in [-0.39, 0.29) is 12.3 Å². The standard InChI is InChI=1S/C20H19NO3/c1-3-15-10-12-17(13-11-15)19(22)21(4-2)18(20(23)24)14-16-8-6-5-7-9-16/h1,5-13,18H,4,14H2,2H3,(H,23,24)/t18-/m0/s1. The zero-order valence-electron chi connectivity index (χ0n) is 13.5. The fraction of sp³-hybridized carbons (Fsp3) is 0.200. The summed E-state index contributed by atoms with van der Waals surface area (Å²) in [6, 6.07) is 15.0. The Bertz CT molecular complexity index is 745. The summed E-state index contributed by atoms with van der Waals surface area (Å²) in [4.78, 5) is 25.8. The zero-order chi connectivity index (χ0) is 17.5. The van der Waals surface area contributed by atoms with Crippen molar-refractivity contribution in [3.05, 3.63) is 71.3 Å². The highest BCUT2D eigenvalue weighted by Crippen LogP contribution is 2.14. The second-order valence-corrected chi connectivity index (χ2v) is 5.36. The average molecular weight is 321 g/mol. The molecule has 2 rings (SSSR count). The number of benzene rings is 2. The lowest BCUT2D eigenvalue weighted by molar-refractivity contribution is -0.142. The summed E-state index contributed by atoms with van der Waals surface area (Å²) in [7, 11) is 0. The van der Waals surface area contributed by atoms with Crippen molar-refractivity contribution in [2.45, 2.75) is 19.4 Å². The lowest BCUT2D eigenvalue weighted by Gasteiger charge is -2.28. The zero-order valence-corrected chi connectivity index (χ0v) is 13.5. The van der Waals surface area contributed by atoms with Gasteiger partial charge in [-0.05, 0) is 36.8 Å². The van der Waals surface area contributed by atoms with Crippen molar-refractivity contribution < 1.29 is 14.7 Å². The second-order valence-electron chi connectivity index (χ2n) is 5.36. The van der Waals surface area contributed by atoms with Gasteiger partial charge in [0.2, 0.25) is 0 Å². The Balaban J connectivity index is 2.26. The molecule has 1 atom stereocenters. The molecule has 2 aromatic carbocycles. The molecule has 0 saturated heterocycles. The van der Waals surface area contributed by atoms with Gasteiger partial charge in [0.25, 0.3) is 5.91 Å². The van der Waals surface area contributed by atoms with Crippen LogP contribution in [0.1, 0.15) is 28.4 Å². The van der Waals surface area contributed by atoms with Gasteiger partial charge in [-0.15, -0.1) is 6.42 Å². The van der Waals surface area contributed by atoms with Crippen molar-refractivity contribution in [1.29, 1.82) is 0 Å². The van der Waals surface area contributed by atoms with Crippen LogP contribution in [0.5, 0.6) is 0 Å². The van der Waals surface area contributed by atoms with Gasteiger partial charge in [0.05, 0.1) is 0 Å².